The van der Waals surface area contributed by atoms with Gasteiger partial charge in [0.25, 0.3) is 0 Å². The molecule has 1 saturated carbocycles. The van der Waals surface area contributed by atoms with E-state index in [-0.39, 0.29) is 6.03 Å². The quantitative estimate of drug-likeness (QED) is 0.820. The van der Waals surface area contributed by atoms with Crippen molar-refractivity contribution in [2.75, 3.05) is 18.9 Å². The summed E-state index contributed by atoms with van der Waals surface area (Å²) >= 11 is 0. The molecule has 2 rings (SSSR count). The Morgan fingerprint density at radius 3 is 3.05 bits per heavy atom. The number of likely N-dealkylation sites (N-methyl/N-ethyl adjacent to an activating group) is 1. The number of anilines is 1. The smallest absolute Gasteiger partial charge is 0.321 e. The van der Waals surface area contributed by atoms with E-state index in [2.05, 4.69) is 17.3 Å². The van der Waals surface area contributed by atoms with Crippen LogP contribution in [0.2, 0.25) is 0 Å². The van der Waals surface area contributed by atoms with Crippen molar-refractivity contribution >= 4 is 11.7 Å². The van der Waals surface area contributed by atoms with E-state index in [1.807, 2.05) is 6.20 Å². The van der Waals surface area contributed by atoms with Gasteiger partial charge in [0.2, 0.25) is 0 Å². The molecule has 0 spiro atoms. The Kier molecular flexibility index (Phi) is 4.42. The minimum absolute atomic E-state index is 0.212. The van der Waals surface area contributed by atoms with Gasteiger partial charge in [0.05, 0.1) is 18.0 Å². The van der Waals surface area contributed by atoms with Crippen molar-refractivity contribution in [3.05, 3.63) is 12.4 Å². The standard InChI is InChI=1S/C13H22N4O2/c1-3-6-17-8-11(7-14-17)15-13(19)16(2)9-12(18)10-4-5-10/h7-8,10,12,18H,3-6,9H2,1-2H3,(H,15,19). The van der Waals surface area contributed by atoms with Gasteiger partial charge in [-0.15, -0.1) is 0 Å². The van der Waals surface area contributed by atoms with Crippen LogP contribution in [0, 0.1) is 5.92 Å². The number of aromatic nitrogens is 2. The first-order valence-electron chi connectivity index (χ1n) is 6.82. The van der Waals surface area contributed by atoms with Gasteiger partial charge in [-0.25, -0.2) is 4.79 Å². The molecule has 1 heterocycles. The minimum Gasteiger partial charge on any atom is -0.391 e. The highest BCUT2D eigenvalue weighted by Crippen LogP contribution is 2.32. The van der Waals surface area contributed by atoms with Crippen molar-refractivity contribution in [2.24, 2.45) is 5.92 Å². The third-order valence-electron chi connectivity index (χ3n) is 3.31. The van der Waals surface area contributed by atoms with E-state index in [9.17, 15) is 9.90 Å². The largest absolute Gasteiger partial charge is 0.391 e. The van der Waals surface area contributed by atoms with Crippen LogP contribution in [0.3, 0.4) is 0 Å². The molecule has 1 unspecified atom stereocenters. The van der Waals surface area contributed by atoms with Crippen molar-refractivity contribution in [2.45, 2.75) is 38.8 Å². The van der Waals surface area contributed by atoms with Crippen LogP contribution in [0.25, 0.3) is 0 Å². The number of amides is 2. The minimum atomic E-state index is -0.404. The zero-order valence-corrected chi connectivity index (χ0v) is 11.5. The number of aliphatic hydroxyl groups is 1. The van der Waals surface area contributed by atoms with Crippen molar-refractivity contribution in [3.8, 4) is 0 Å². The van der Waals surface area contributed by atoms with Crippen LogP contribution in [0.1, 0.15) is 26.2 Å². The van der Waals surface area contributed by atoms with Crippen LogP contribution < -0.4 is 5.32 Å². The lowest BCUT2D eigenvalue weighted by atomic mass is 10.2. The predicted octanol–water partition coefficient (Wildman–Crippen LogP) is 1.53. The van der Waals surface area contributed by atoms with Crippen molar-refractivity contribution in [1.29, 1.82) is 0 Å². The topological polar surface area (TPSA) is 70.4 Å². The fourth-order valence-electron chi connectivity index (χ4n) is 1.99. The molecule has 2 amide bonds. The number of hydrogen-bond acceptors (Lipinski definition) is 3. The molecular weight excluding hydrogens is 244 g/mol. The number of aryl methyl sites for hydroxylation is 1. The highest BCUT2D eigenvalue weighted by molar-refractivity contribution is 5.88. The van der Waals surface area contributed by atoms with E-state index in [0.29, 0.717) is 18.2 Å². The molecule has 19 heavy (non-hydrogen) atoms. The average molecular weight is 266 g/mol. The maximum Gasteiger partial charge on any atom is 0.321 e. The number of nitrogens with one attached hydrogen (secondary N) is 1. The second-order valence-electron chi connectivity index (χ2n) is 5.21. The van der Waals surface area contributed by atoms with Gasteiger partial charge in [0.15, 0.2) is 0 Å². The van der Waals surface area contributed by atoms with Crippen LogP contribution >= 0.6 is 0 Å². The lowest BCUT2D eigenvalue weighted by Gasteiger charge is -2.20. The Bertz CT molecular complexity index is 428. The number of rotatable bonds is 6. The van der Waals surface area contributed by atoms with Gasteiger partial charge in [-0.2, -0.15) is 5.10 Å². The number of nitrogens with zero attached hydrogens (tertiary/aromatic N) is 3. The number of hydrogen-bond donors (Lipinski definition) is 2. The summed E-state index contributed by atoms with van der Waals surface area (Å²) in [5.74, 6) is 0.377. The Morgan fingerprint density at radius 2 is 2.42 bits per heavy atom. The van der Waals surface area contributed by atoms with Gasteiger partial charge >= 0.3 is 6.03 Å². The molecule has 6 nitrogen and oxygen atoms in total. The monoisotopic (exact) mass is 266 g/mol. The molecule has 0 bridgehead atoms. The highest BCUT2D eigenvalue weighted by Gasteiger charge is 2.31. The molecule has 1 atom stereocenters. The molecule has 1 aromatic heterocycles. The number of urea groups is 1. The fourth-order valence-corrected chi connectivity index (χ4v) is 1.99. The van der Waals surface area contributed by atoms with E-state index >= 15 is 0 Å². The molecule has 0 aromatic carbocycles. The van der Waals surface area contributed by atoms with Crippen LogP contribution in [-0.4, -0.2) is 45.5 Å². The Hall–Kier alpha value is -1.56. The lowest BCUT2D eigenvalue weighted by molar-refractivity contribution is 0.117. The van der Waals surface area contributed by atoms with Crippen molar-refractivity contribution in [1.82, 2.24) is 14.7 Å². The fraction of sp³-hybridized carbons (Fsp3) is 0.692. The van der Waals surface area contributed by atoms with E-state index in [0.717, 1.165) is 25.8 Å². The van der Waals surface area contributed by atoms with E-state index in [1.165, 1.54) is 4.90 Å². The SMILES string of the molecule is CCCn1cc(NC(=O)N(C)CC(O)C2CC2)cn1. The zero-order chi connectivity index (χ0) is 13.8. The normalized spacial score (nSPS) is 16.2. The first-order valence-corrected chi connectivity index (χ1v) is 6.82. The second kappa shape index (κ2) is 6.06. The Balaban J connectivity index is 1.81. The maximum atomic E-state index is 11.9. The van der Waals surface area contributed by atoms with E-state index < -0.39 is 6.10 Å². The van der Waals surface area contributed by atoms with Gasteiger partial charge in [-0.1, -0.05) is 6.92 Å². The van der Waals surface area contributed by atoms with Crippen molar-refractivity contribution < 1.29 is 9.90 Å². The van der Waals surface area contributed by atoms with Gasteiger partial charge in [-0.3, -0.25) is 4.68 Å². The molecule has 6 heteroatoms. The molecule has 0 saturated heterocycles. The Morgan fingerprint density at radius 1 is 1.68 bits per heavy atom. The molecule has 1 fully saturated rings. The summed E-state index contributed by atoms with van der Waals surface area (Å²) in [7, 11) is 1.69. The summed E-state index contributed by atoms with van der Waals surface area (Å²) in [6, 6.07) is -0.212. The second-order valence-corrected chi connectivity index (χ2v) is 5.21. The molecule has 0 radical (unpaired) electrons. The number of carbonyl (C=O) groups is 1. The first kappa shape index (κ1) is 13.9. The van der Waals surface area contributed by atoms with E-state index in [1.54, 1.807) is 17.9 Å². The molecular formula is C13H22N4O2. The summed E-state index contributed by atoms with van der Waals surface area (Å²) in [6.45, 7) is 3.29. The molecule has 1 aromatic rings. The number of aliphatic hydroxyl groups excluding tert-OH is 1. The summed E-state index contributed by atoms with van der Waals surface area (Å²) in [4.78, 5) is 13.4. The summed E-state index contributed by atoms with van der Waals surface area (Å²) < 4.78 is 1.80. The molecule has 2 N–H and O–H groups in total. The summed E-state index contributed by atoms with van der Waals surface area (Å²) in [5, 5.41) is 16.7. The third-order valence-corrected chi connectivity index (χ3v) is 3.31. The van der Waals surface area contributed by atoms with Crippen LogP contribution in [0.15, 0.2) is 12.4 Å². The molecule has 106 valence electrons. The summed E-state index contributed by atoms with van der Waals surface area (Å²) in [5.41, 5.74) is 0.686. The van der Waals surface area contributed by atoms with Crippen LogP contribution in [0.5, 0.6) is 0 Å². The van der Waals surface area contributed by atoms with Crippen LogP contribution in [0.4, 0.5) is 10.5 Å². The highest BCUT2D eigenvalue weighted by atomic mass is 16.3. The van der Waals surface area contributed by atoms with Gasteiger partial charge in [-0.05, 0) is 25.2 Å². The predicted molar refractivity (Wildman–Crippen MR) is 72.9 cm³/mol. The first-order chi connectivity index (χ1) is 9.10. The molecule has 1 aliphatic carbocycles. The molecule has 1 aliphatic rings. The maximum absolute atomic E-state index is 11.9. The number of carbonyl (C=O) groups excluding carboxylic acids is 1. The Labute approximate surface area is 113 Å². The van der Waals surface area contributed by atoms with Gasteiger partial charge in [0.1, 0.15) is 0 Å². The van der Waals surface area contributed by atoms with Gasteiger partial charge in [0, 0.05) is 26.3 Å². The van der Waals surface area contributed by atoms with Gasteiger partial charge < -0.3 is 15.3 Å². The van der Waals surface area contributed by atoms with Crippen molar-refractivity contribution in [3.63, 3.8) is 0 Å². The summed E-state index contributed by atoms with van der Waals surface area (Å²) in [6.07, 6.45) is 6.19. The lowest BCUT2D eigenvalue weighted by Crippen LogP contribution is -2.37. The van der Waals surface area contributed by atoms with Crippen LogP contribution in [-0.2, 0) is 6.54 Å². The zero-order valence-electron chi connectivity index (χ0n) is 11.5. The average Bonchev–Trinajstić information content (AvgIpc) is 3.13. The third kappa shape index (κ3) is 3.96. The molecule has 0 aliphatic heterocycles. The van der Waals surface area contributed by atoms with E-state index in [4.69, 9.17) is 0 Å².